The van der Waals surface area contributed by atoms with Crippen LogP contribution in [0.4, 0.5) is 0 Å². The molecule has 1 aromatic rings. The first-order chi connectivity index (χ1) is 11.3. The number of nitrogens with one attached hydrogen (secondary N) is 1. The summed E-state index contributed by atoms with van der Waals surface area (Å²) in [6.45, 7) is 5.25. The minimum atomic E-state index is 0.0753. The maximum absolute atomic E-state index is 12.9. The van der Waals surface area contributed by atoms with Gasteiger partial charge in [-0.2, -0.15) is 0 Å². The maximum Gasteiger partial charge on any atom is 0.257 e. The van der Waals surface area contributed by atoms with Gasteiger partial charge in [0.2, 0.25) is 0 Å². The van der Waals surface area contributed by atoms with Crippen molar-refractivity contribution in [3.8, 4) is 5.75 Å². The maximum atomic E-state index is 12.9. The monoisotopic (exact) mass is 318 g/mol. The number of hydrogen-bond donors (Lipinski definition) is 1. The van der Waals surface area contributed by atoms with E-state index in [1.807, 2.05) is 36.1 Å². The predicted octanol–water partition coefficient (Wildman–Crippen LogP) is 2.07. The van der Waals surface area contributed by atoms with E-state index in [-0.39, 0.29) is 5.91 Å². The second kappa shape index (κ2) is 7.79. The van der Waals surface area contributed by atoms with Crippen LogP contribution in [0.5, 0.6) is 5.75 Å². The van der Waals surface area contributed by atoms with E-state index in [0.29, 0.717) is 43.2 Å². The molecule has 0 aromatic heterocycles. The first kappa shape index (κ1) is 16.3. The molecule has 0 saturated carbocycles. The van der Waals surface area contributed by atoms with Gasteiger partial charge in [0.05, 0.1) is 12.2 Å². The normalized spacial score (nSPS) is 23.6. The highest BCUT2D eigenvalue weighted by atomic mass is 16.5. The lowest BCUT2D eigenvalue weighted by atomic mass is 10.1. The summed E-state index contributed by atoms with van der Waals surface area (Å²) in [5.74, 6) is 0.728. The summed E-state index contributed by atoms with van der Waals surface area (Å²) in [6, 6.07) is 8.54. The number of hydrogen-bond acceptors (Lipinski definition) is 4. The van der Waals surface area contributed by atoms with Crippen LogP contribution >= 0.6 is 0 Å². The summed E-state index contributed by atoms with van der Waals surface area (Å²) in [6.07, 6.45) is 3.44. The van der Waals surface area contributed by atoms with Gasteiger partial charge in [0.25, 0.3) is 5.91 Å². The molecule has 2 aliphatic heterocycles. The molecule has 3 rings (SSSR count). The Morgan fingerprint density at radius 2 is 2.04 bits per heavy atom. The number of carbonyl (C=O) groups is 1. The van der Waals surface area contributed by atoms with Gasteiger partial charge >= 0.3 is 0 Å². The number of para-hydroxylation sites is 1. The van der Waals surface area contributed by atoms with Crippen LogP contribution in [0.25, 0.3) is 0 Å². The molecule has 2 aliphatic rings. The van der Waals surface area contributed by atoms with Crippen LogP contribution in [0, 0.1) is 0 Å². The molecule has 126 valence electrons. The summed E-state index contributed by atoms with van der Waals surface area (Å²) in [5, 5.41) is 3.61. The lowest BCUT2D eigenvalue weighted by Crippen LogP contribution is -2.39. The molecule has 2 saturated heterocycles. The lowest BCUT2D eigenvalue weighted by Gasteiger charge is -2.25. The van der Waals surface area contributed by atoms with Crippen LogP contribution in [-0.2, 0) is 4.74 Å². The summed E-state index contributed by atoms with van der Waals surface area (Å²) in [4.78, 5) is 14.9. The molecular formula is C18H26N2O3. The molecule has 0 aliphatic carbocycles. The number of carbonyl (C=O) groups excluding carboxylic acids is 1. The number of fused-ring (bicyclic) bond motifs is 2. The van der Waals surface area contributed by atoms with Gasteiger partial charge in [-0.25, -0.2) is 0 Å². The highest BCUT2D eigenvalue weighted by Crippen LogP contribution is 2.24. The molecule has 23 heavy (non-hydrogen) atoms. The molecule has 0 radical (unpaired) electrons. The fourth-order valence-electron chi connectivity index (χ4n) is 3.42. The Kier molecular flexibility index (Phi) is 5.51. The number of ether oxygens (including phenoxy) is 2. The van der Waals surface area contributed by atoms with E-state index < -0.39 is 0 Å². The molecule has 2 atom stereocenters. The van der Waals surface area contributed by atoms with Crippen molar-refractivity contribution >= 4 is 5.91 Å². The predicted molar refractivity (Wildman–Crippen MR) is 88.9 cm³/mol. The number of amides is 1. The van der Waals surface area contributed by atoms with Gasteiger partial charge in [0.1, 0.15) is 12.4 Å². The number of rotatable bonds is 6. The summed E-state index contributed by atoms with van der Waals surface area (Å²) in [5.41, 5.74) is 0.654. The molecule has 0 spiro atoms. The van der Waals surface area contributed by atoms with E-state index in [0.717, 1.165) is 19.5 Å². The van der Waals surface area contributed by atoms with Crippen LogP contribution in [0.2, 0.25) is 0 Å². The van der Waals surface area contributed by atoms with Gasteiger partial charge in [-0.1, -0.05) is 12.1 Å². The largest absolute Gasteiger partial charge is 0.490 e. The zero-order valence-corrected chi connectivity index (χ0v) is 13.8. The van der Waals surface area contributed by atoms with Gasteiger partial charge < -0.3 is 19.7 Å². The quantitative estimate of drug-likeness (QED) is 0.816. The standard InChI is InChI=1S/C18H26N2O3/c1-2-22-11-12-23-17-6-4-3-5-16(17)18(21)20-10-9-14-7-8-15(13-20)19-14/h3-6,14-15,19H,2,7-13H2,1H3. The Bertz CT molecular complexity index is 535. The molecule has 2 bridgehead atoms. The SMILES string of the molecule is CCOCCOc1ccccc1C(=O)N1CCC2CCC(C1)N2. The van der Waals surface area contributed by atoms with Crippen molar-refractivity contribution in [2.45, 2.75) is 38.3 Å². The van der Waals surface area contributed by atoms with Crippen molar-refractivity contribution in [3.05, 3.63) is 29.8 Å². The molecular weight excluding hydrogens is 292 g/mol. The fraction of sp³-hybridized carbons (Fsp3) is 0.611. The third-order valence-electron chi connectivity index (χ3n) is 4.62. The van der Waals surface area contributed by atoms with E-state index in [2.05, 4.69) is 5.32 Å². The number of nitrogens with zero attached hydrogens (tertiary/aromatic N) is 1. The second-order valence-electron chi connectivity index (χ2n) is 6.22. The number of benzene rings is 1. The van der Waals surface area contributed by atoms with Crippen molar-refractivity contribution in [2.24, 2.45) is 0 Å². The summed E-state index contributed by atoms with van der Waals surface area (Å²) < 4.78 is 11.0. The minimum absolute atomic E-state index is 0.0753. The Hall–Kier alpha value is -1.59. The Labute approximate surface area is 137 Å². The molecule has 2 fully saturated rings. The van der Waals surface area contributed by atoms with Gasteiger partial charge in [-0.15, -0.1) is 0 Å². The van der Waals surface area contributed by atoms with Crippen molar-refractivity contribution in [1.82, 2.24) is 10.2 Å². The minimum Gasteiger partial charge on any atom is -0.490 e. The van der Waals surface area contributed by atoms with E-state index in [1.165, 1.54) is 12.8 Å². The van der Waals surface area contributed by atoms with Crippen LogP contribution in [0.1, 0.15) is 36.5 Å². The van der Waals surface area contributed by atoms with Crippen molar-refractivity contribution in [2.75, 3.05) is 32.9 Å². The third-order valence-corrected chi connectivity index (χ3v) is 4.62. The molecule has 1 amide bonds. The average molecular weight is 318 g/mol. The molecule has 1 aromatic carbocycles. The van der Waals surface area contributed by atoms with Crippen molar-refractivity contribution in [1.29, 1.82) is 0 Å². The molecule has 2 unspecified atom stereocenters. The Morgan fingerprint density at radius 1 is 1.22 bits per heavy atom. The smallest absolute Gasteiger partial charge is 0.257 e. The van der Waals surface area contributed by atoms with E-state index >= 15 is 0 Å². The van der Waals surface area contributed by atoms with Crippen molar-refractivity contribution < 1.29 is 14.3 Å². The highest BCUT2D eigenvalue weighted by Gasteiger charge is 2.32. The summed E-state index contributed by atoms with van der Waals surface area (Å²) >= 11 is 0. The fourth-order valence-corrected chi connectivity index (χ4v) is 3.42. The Balaban J connectivity index is 1.66. The number of likely N-dealkylation sites (tertiary alicyclic amines) is 1. The van der Waals surface area contributed by atoms with Gasteiger partial charge in [-0.3, -0.25) is 4.79 Å². The zero-order chi connectivity index (χ0) is 16.1. The van der Waals surface area contributed by atoms with Gasteiger partial charge in [0.15, 0.2) is 0 Å². The topological polar surface area (TPSA) is 50.8 Å². The summed E-state index contributed by atoms with van der Waals surface area (Å²) in [7, 11) is 0. The Morgan fingerprint density at radius 3 is 2.91 bits per heavy atom. The average Bonchev–Trinajstić information content (AvgIpc) is 2.90. The first-order valence-corrected chi connectivity index (χ1v) is 8.63. The first-order valence-electron chi connectivity index (χ1n) is 8.63. The van der Waals surface area contributed by atoms with E-state index in [1.54, 1.807) is 0 Å². The van der Waals surface area contributed by atoms with Crippen LogP contribution in [-0.4, -0.2) is 55.8 Å². The highest BCUT2D eigenvalue weighted by molar-refractivity contribution is 5.97. The van der Waals surface area contributed by atoms with Crippen LogP contribution in [0.3, 0.4) is 0 Å². The zero-order valence-electron chi connectivity index (χ0n) is 13.8. The van der Waals surface area contributed by atoms with Crippen molar-refractivity contribution in [3.63, 3.8) is 0 Å². The lowest BCUT2D eigenvalue weighted by molar-refractivity contribution is 0.0738. The van der Waals surface area contributed by atoms with Crippen LogP contribution in [0.15, 0.2) is 24.3 Å². The second-order valence-corrected chi connectivity index (χ2v) is 6.22. The molecule has 5 nitrogen and oxygen atoms in total. The van der Waals surface area contributed by atoms with Gasteiger partial charge in [-0.05, 0) is 38.3 Å². The molecule has 1 N–H and O–H groups in total. The van der Waals surface area contributed by atoms with Gasteiger partial charge in [0, 0.05) is 31.8 Å². The van der Waals surface area contributed by atoms with Crippen LogP contribution < -0.4 is 10.1 Å². The van der Waals surface area contributed by atoms with E-state index in [9.17, 15) is 4.79 Å². The third kappa shape index (κ3) is 4.03. The molecule has 5 heteroatoms. The molecule has 2 heterocycles. The van der Waals surface area contributed by atoms with E-state index in [4.69, 9.17) is 9.47 Å².